The monoisotopic (exact) mass is 478 g/mol. The normalized spacial score (nSPS) is 13.9. The van der Waals surface area contributed by atoms with Crippen LogP contribution in [0, 0.1) is 0 Å². The van der Waals surface area contributed by atoms with E-state index >= 15 is 0 Å². The van der Waals surface area contributed by atoms with Gasteiger partial charge in [0.15, 0.2) is 0 Å². The van der Waals surface area contributed by atoms with Crippen LogP contribution in [0.15, 0.2) is 72.8 Å². The van der Waals surface area contributed by atoms with Crippen molar-refractivity contribution in [1.82, 2.24) is 0 Å². The first-order valence-electron chi connectivity index (χ1n) is 12.0. The quantitative estimate of drug-likeness (QED) is 0.327. The van der Waals surface area contributed by atoms with Gasteiger partial charge in [-0.3, -0.25) is 0 Å². The summed E-state index contributed by atoms with van der Waals surface area (Å²) in [6.45, 7) is 20.9. The zero-order chi connectivity index (χ0) is 24.6. The molecule has 176 valence electrons. The highest BCUT2D eigenvalue weighted by molar-refractivity contribution is 7.90. The van der Waals surface area contributed by atoms with E-state index in [9.17, 15) is 0 Å². The molecule has 0 radical (unpaired) electrons. The van der Waals surface area contributed by atoms with Crippen molar-refractivity contribution in [2.45, 2.75) is 84.2 Å². The minimum atomic E-state index is -1.04. The highest BCUT2D eigenvalue weighted by Crippen LogP contribution is 2.60. The third-order valence-electron chi connectivity index (χ3n) is 6.26. The third kappa shape index (κ3) is 5.90. The molecule has 0 fully saturated rings. The van der Waals surface area contributed by atoms with E-state index in [0.717, 1.165) is 0 Å². The van der Waals surface area contributed by atoms with Gasteiger partial charge in [0.2, 0.25) is 0 Å². The van der Waals surface area contributed by atoms with Crippen molar-refractivity contribution in [2.24, 2.45) is 0 Å². The Hall–Kier alpha value is -1.62. The van der Waals surface area contributed by atoms with E-state index in [1.807, 2.05) is 0 Å². The largest absolute Gasteiger partial charge is 0.0901 e. The average Bonchev–Trinajstić information content (AvgIpc) is 2.72. The van der Waals surface area contributed by atoms with Crippen LogP contribution in [0.25, 0.3) is 0 Å². The summed E-state index contributed by atoms with van der Waals surface area (Å²) in [7, 11) is -1.04. The molecule has 0 N–H and O–H groups in total. The number of rotatable bonds is 4. The summed E-state index contributed by atoms with van der Waals surface area (Å²) in [5.41, 5.74) is 6.91. The molecule has 0 saturated carbocycles. The van der Waals surface area contributed by atoms with Crippen molar-refractivity contribution < 1.29 is 0 Å². The van der Waals surface area contributed by atoms with Gasteiger partial charge in [-0.05, 0) is 49.4 Å². The molecule has 0 aliphatic carbocycles. The lowest BCUT2D eigenvalue weighted by atomic mass is 9.75. The second kappa shape index (κ2) is 9.56. The van der Waals surface area contributed by atoms with Crippen LogP contribution in [-0.2, 0) is 16.2 Å². The van der Waals surface area contributed by atoms with Crippen LogP contribution in [0.1, 0.15) is 95.8 Å². The molecule has 0 aliphatic heterocycles. The Labute approximate surface area is 208 Å². The minimum absolute atomic E-state index is 0.00993. The van der Waals surface area contributed by atoms with Crippen LogP contribution in [0.3, 0.4) is 0 Å². The summed E-state index contributed by atoms with van der Waals surface area (Å²) in [6.07, 6.45) is 0. The molecule has 3 aromatic rings. The molecular formula is C31H40ClP. The second-order valence-corrected chi connectivity index (χ2v) is 14.9. The van der Waals surface area contributed by atoms with Crippen LogP contribution in [0.2, 0.25) is 0 Å². The molecule has 3 aromatic carbocycles. The maximum Gasteiger partial charge on any atom is 0.0470 e. The van der Waals surface area contributed by atoms with Crippen LogP contribution >= 0.6 is 18.5 Å². The summed E-state index contributed by atoms with van der Waals surface area (Å²) >= 11 is 7.70. The van der Waals surface area contributed by atoms with Crippen molar-refractivity contribution in [3.63, 3.8) is 0 Å². The van der Waals surface area contributed by atoms with E-state index < -0.39 is 7.27 Å². The van der Waals surface area contributed by atoms with Crippen LogP contribution in [0.4, 0.5) is 0 Å². The Morgan fingerprint density at radius 1 is 0.576 bits per heavy atom. The first kappa shape index (κ1) is 26.0. The first-order valence-corrected chi connectivity index (χ1v) is 14.3. The Bertz CT molecular complexity index is 989. The zero-order valence-corrected chi connectivity index (χ0v) is 23.5. The van der Waals surface area contributed by atoms with Gasteiger partial charge >= 0.3 is 0 Å². The molecule has 0 nitrogen and oxygen atoms in total. The Balaban J connectivity index is 2.37. The van der Waals surface area contributed by atoms with Crippen molar-refractivity contribution in [3.05, 3.63) is 101 Å². The van der Waals surface area contributed by atoms with Gasteiger partial charge in [0.05, 0.1) is 0 Å². The Morgan fingerprint density at radius 2 is 0.939 bits per heavy atom. The van der Waals surface area contributed by atoms with Gasteiger partial charge in [0, 0.05) is 12.9 Å². The fourth-order valence-electron chi connectivity index (χ4n) is 4.30. The molecule has 0 aliphatic rings. The lowest BCUT2D eigenvalue weighted by Gasteiger charge is -2.37. The van der Waals surface area contributed by atoms with Gasteiger partial charge in [-0.1, -0.05) is 146 Å². The molecule has 2 heteroatoms. The van der Waals surface area contributed by atoms with Gasteiger partial charge < -0.3 is 0 Å². The summed E-state index contributed by atoms with van der Waals surface area (Å²) in [5, 5.41) is 1.36. The maximum atomic E-state index is 7.70. The van der Waals surface area contributed by atoms with Crippen LogP contribution in [-0.4, -0.2) is 0 Å². The van der Waals surface area contributed by atoms with Crippen molar-refractivity contribution in [3.8, 4) is 0 Å². The van der Waals surface area contributed by atoms with Crippen LogP contribution in [0.5, 0.6) is 0 Å². The Kier molecular flexibility index (Phi) is 7.53. The van der Waals surface area contributed by atoms with E-state index in [-0.39, 0.29) is 21.9 Å². The predicted molar refractivity (Wildman–Crippen MR) is 150 cm³/mol. The maximum absolute atomic E-state index is 7.70. The lowest BCUT2D eigenvalue weighted by molar-refractivity contribution is 0.553. The van der Waals surface area contributed by atoms with E-state index in [1.165, 1.54) is 33.1 Å². The van der Waals surface area contributed by atoms with Crippen molar-refractivity contribution in [1.29, 1.82) is 0 Å². The number of hydrogen-bond donors (Lipinski definition) is 0. The van der Waals surface area contributed by atoms with E-state index in [2.05, 4.69) is 135 Å². The molecule has 0 bridgehead atoms. The Morgan fingerprint density at radius 3 is 1.24 bits per heavy atom. The summed E-state index contributed by atoms with van der Waals surface area (Å²) < 4.78 is 0. The molecule has 1 unspecified atom stereocenters. The summed E-state index contributed by atoms with van der Waals surface area (Å²) in [5.74, 6) is 0. The molecular weight excluding hydrogens is 439 g/mol. The molecule has 0 amide bonds. The predicted octanol–water partition coefficient (Wildman–Crippen LogP) is 9.63. The van der Waals surface area contributed by atoms with E-state index in [0.29, 0.717) is 0 Å². The van der Waals surface area contributed by atoms with Crippen LogP contribution < -0.4 is 5.30 Å². The molecule has 1 atom stereocenters. The van der Waals surface area contributed by atoms with Gasteiger partial charge in [-0.15, -0.1) is 0 Å². The van der Waals surface area contributed by atoms with E-state index in [4.69, 9.17) is 11.2 Å². The third-order valence-corrected chi connectivity index (χ3v) is 9.31. The molecule has 0 heterocycles. The minimum Gasteiger partial charge on any atom is -0.0901 e. The topological polar surface area (TPSA) is 0 Å². The van der Waals surface area contributed by atoms with E-state index in [1.54, 1.807) is 0 Å². The molecule has 0 aromatic heterocycles. The van der Waals surface area contributed by atoms with Gasteiger partial charge in [0.25, 0.3) is 0 Å². The number of hydrogen-bond acceptors (Lipinski definition) is 0. The van der Waals surface area contributed by atoms with Crippen molar-refractivity contribution >= 4 is 23.8 Å². The second-order valence-electron chi connectivity index (χ2n) is 12.2. The van der Waals surface area contributed by atoms with Gasteiger partial charge in [0.1, 0.15) is 0 Å². The molecule has 3 rings (SSSR count). The number of benzene rings is 3. The average molecular weight is 479 g/mol. The first-order chi connectivity index (χ1) is 15.2. The standard InChI is InChI=1S/C31H40ClP/c1-29(2,3)24-20-25(30(4,5)6)28(26(21-24)31(7,8)9)33(32)27(22-16-12-10-13-17-22)23-18-14-11-15-19-23/h10-21,27H,1-9H3. The lowest BCUT2D eigenvalue weighted by Crippen LogP contribution is -2.32. The molecule has 0 saturated heterocycles. The highest BCUT2D eigenvalue weighted by atomic mass is 35.7. The summed E-state index contributed by atoms with van der Waals surface area (Å²) in [6, 6.07) is 26.5. The van der Waals surface area contributed by atoms with Gasteiger partial charge in [-0.25, -0.2) is 0 Å². The molecule has 33 heavy (non-hydrogen) atoms. The SMILES string of the molecule is CC(C)(C)c1cc(C(C)(C)C)c(P(Cl)C(c2ccccc2)c2ccccc2)c(C(C)(C)C)c1. The summed E-state index contributed by atoms with van der Waals surface area (Å²) in [4.78, 5) is 0. The number of halogens is 1. The van der Waals surface area contributed by atoms with Crippen molar-refractivity contribution in [2.75, 3.05) is 0 Å². The fourth-order valence-corrected chi connectivity index (χ4v) is 7.90. The smallest absolute Gasteiger partial charge is 0.0470 e. The zero-order valence-electron chi connectivity index (χ0n) is 21.8. The fraction of sp³-hybridized carbons (Fsp3) is 0.419. The molecule has 0 spiro atoms. The van der Waals surface area contributed by atoms with Gasteiger partial charge in [-0.2, -0.15) is 0 Å². The highest BCUT2D eigenvalue weighted by Gasteiger charge is 2.35.